The van der Waals surface area contributed by atoms with Crippen LogP contribution in [0.3, 0.4) is 0 Å². The zero-order valence-corrected chi connectivity index (χ0v) is 5.28. The van der Waals surface area contributed by atoms with Gasteiger partial charge in [-0.2, -0.15) is 0 Å². The number of hydrogen-bond acceptors (Lipinski definition) is 0. The summed E-state index contributed by atoms with van der Waals surface area (Å²) in [5, 5.41) is 0. The minimum absolute atomic E-state index is 0.621. The summed E-state index contributed by atoms with van der Waals surface area (Å²) in [5.41, 5.74) is 0. The van der Waals surface area contributed by atoms with Gasteiger partial charge in [0.25, 0.3) is 0 Å². The van der Waals surface area contributed by atoms with Crippen molar-refractivity contribution in [2.45, 2.75) is 26.7 Å². The Hall–Kier alpha value is 0. The Bertz CT molecular complexity index is 29.0. The molecule has 0 amide bonds. The van der Waals surface area contributed by atoms with Crippen molar-refractivity contribution in [3.8, 4) is 0 Å². The quantitative estimate of drug-likeness (QED) is 0.508. The van der Waals surface area contributed by atoms with Gasteiger partial charge in [-0.25, -0.2) is 0 Å². The molecule has 2 radical (unpaired) electrons. The third-order valence-electron chi connectivity index (χ3n) is 0.948. The van der Waals surface area contributed by atoms with Crippen LogP contribution in [0.4, 0.5) is 0 Å². The van der Waals surface area contributed by atoms with Crippen LogP contribution in [-0.2, 0) is 0 Å². The molecule has 7 heavy (non-hydrogen) atoms. The predicted octanol–water partition coefficient (Wildman–Crippen LogP) is 2.46. The van der Waals surface area contributed by atoms with E-state index in [9.17, 15) is 0 Å². The Kier molecular flexibility index (Phi) is 4.17. The molecule has 1 atom stereocenters. The van der Waals surface area contributed by atoms with Crippen LogP contribution in [-0.4, -0.2) is 0 Å². The SMILES string of the molecule is [CH2]C(C)CC[CH]C. The lowest BCUT2D eigenvalue weighted by atomic mass is 10.1. The van der Waals surface area contributed by atoms with Crippen molar-refractivity contribution in [2.24, 2.45) is 5.92 Å². The normalized spacial score (nSPS) is 10.3. The van der Waals surface area contributed by atoms with Crippen LogP contribution in [0.5, 0.6) is 0 Å². The van der Waals surface area contributed by atoms with Gasteiger partial charge in [-0.05, 0) is 12.3 Å². The first-order valence-corrected chi connectivity index (χ1v) is 2.88. The minimum atomic E-state index is 0.621. The molecular weight excluding hydrogens is 84.1 g/mol. The highest BCUT2D eigenvalue weighted by Gasteiger charge is 1.89. The van der Waals surface area contributed by atoms with Gasteiger partial charge in [0.15, 0.2) is 0 Å². The average Bonchev–Trinajstić information content (AvgIpc) is 1.61. The lowest BCUT2D eigenvalue weighted by Gasteiger charge is -1.98. The van der Waals surface area contributed by atoms with Gasteiger partial charge in [0, 0.05) is 0 Å². The summed E-state index contributed by atoms with van der Waals surface area (Å²) in [4.78, 5) is 0. The molecule has 0 rings (SSSR count). The van der Waals surface area contributed by atoms with Crippen molar-refractivity contribution in [1.82, 2.24) is 0 Å². The second kappa shape index (κ2) is 4.17. The summed E-state index contributed by atoms with van der Waals surface area (Å²) >= 11 is 0. The second-order valence-electron chi connectivity index (χ2n) is 2.09. The molecule has 0 heterocycles. The first kappa shape index (κ1) is 7.00. The summed E-state index contributed by atoms with van der Waals surface area (Å²) < 4.78 is 0. The van der Waals surface area contributed by atoms with Gasteiger partial charge in [-0.1, -0.05) is 33.6 Å². The molecule has 0 fully saturated rings. The molecular formula is C7H14. The topological polar surface area (TPSA) is 0 Å². The van der Waals surface area contributed by atoms with E-state index < -0.39 is 0 Å². The molecule has 0 bridgehead atoms. The maximum atomic E-state index is 3.86. The van der Waals surface area contributed by atoms with Crippen LogP contribution in [0, 0.1) is 19.3 Å². The fraction of sp³-hybridized carbons (Fsp3) is 0.714. The maximum absolute atomic E-state index is 3.86. The highest BCUT2D eigenvalue weighted by molar-refractivity contribution is 4.60. The second-order valence-corrected chi connectivity index (χ2v) is 2.09. The van der Waals surface area contributed by atoms with Gasteiger partial charge >= 0.3 is 0 Å². The smallest absolute Gasteiger partial charge is 0.0417 e. The molecule has 0 aliphatic rings. The minimum Gasteiger partial charge on any atom is -0.0625 e. The van der Waals surface area contributed by atoms with Gasteiger partial charge in [-0.15, -0.1) is 0 Å². The van der Waals surface area contributed by atoms with Crippen molar-refractivity contribution in [3.63, 3.8) is 0 Å². The van der Waals surface area contributed by atoms with E-state index in [-0.39, 0.29) is 0 Å². The van der Waals surface area contributed by atoms with E-state index >= 15 is 0 Å². The average molecular weight is 98.2 g/mol. The van der Waals surface area contributed by atoms with Crippen molar-refractivity contribution in [1.29, 1.82) is 0 Å². The summed E-state index contributed by atoms with van der Waals surface area (Å²) in [6, 6.07) is 0. The van der Waals surface area contributed by atoms with Crippen LogP contribution in [0.1, 0.15) is 26.7 Å². The first-order chi connectivity index (χ1) is 3.27. The fourth-order valence-electron chi connectivity index (χ4n) is 0.451. The largest absolute Gasteiger partial charge is 0.0625 e. The summed E-state index contributed by atoms with van der Waals surface area (Å²) in [5.74, 6) is 0.621. The molecule has 0 nitrogen and oxygen atoms in total. The molecule has 0 aromatic heterocycles. The van der Waals surface area contributed by atoms with E-state index in [0.29, 0.717) is 5.92 Å². The first-order valence-electron chi connectivity index (χ1n) is 2.88. The lowest BCUT2D eigenvalue weighted by molar-refractivity contribution is 0.638. The van der Waals surface area contributed by atoms with Crippen LogP contribution in [0.2, 0.25) is 0 Å². The Balaban J connectivity index is 2.68. The standard InChI is InChI=1S/C7H14/c1-4-5-6-7(2)3/h4,7H,2,5-6H2,1,3H3. The number of hydrogen-bond donors (Lipinski definition) is 0. The van der Waals surface area contributed by atoms with E-state index in [0.717, 1.165) is 0 Å². The Morgan fingerprint density at radius 2 is 2.29 bits per heavy atom. The van der Waals surface area contributed by atoms with Crippen molar-refractivity contribution in [2.75, 3.05) is 0 Å². The monoisotopic (exact) mass is 98.1 g/mol. The maximum Gasteiger partial charge on any atom is -0.0417 e. The van der Waals surface area contributed by atoms with E-state index in [1.165, 1.54) is 12.8 Å². The molecule has 1 unspecified atom stereocenters. The molecule has 0 saturated heterocycles. The highest BCUT2D eigenvalue weighted by atomic mass is 13.9. The Morgan fingerprint density at radius 1 is 1.71 bits per heavy atom. The van der Waals surface area contributed by atoms with E-state index in [4.69, 9.17) is 0 Å². The molecule has 0 aliphatic heterocycles. The predicted molar refractivity (Wildman–Crippen MR) is 33.7 cm³/mol. The van der Waals surface area contributed by atoms with E-state index in [1.54, 1.807) is 0 Å². The van der Waals surface area contributed by atoms with Gasteiger partial charge in [0.1, 0.15) is 0 Å². The lowest BCUT2D eigenvalue weighted by Crippen LogP contribution is -1.84. The number of unbranched alkanes of at least 4 members (excludes halogenated alkanes) is 1. The fourth-order valence-corrected chi connectivity index (χ4v) is 0.451. The van der Waals surface area contributed by atoms with Gasteiger partial charge in [-0.3, -0.25) is 0 Å². The van der Waals surface area contributed by atoms with Crippen molar-refractivity contribution >= 4 is 0 Å². The number of rotatable bonds is 3. The molecule has 42 valence electrons. The molecule has 0 aromatic rings. The summed E-state index contributed by atoms with van der Waals surface area (Å²) in [6.45, 7) is 8.08. The Morgan fingerprint density at radius 3 is 2.43 bits per heavy atom. The third-order valence-corrected chi connectivity index (χ3v) is 0.948. The van der Waals surface area contributed by atoms with Crippen molar-refractivity contribution in [3.05, 3.63) is 13.3 Å². The van der Waals surface area contributed by atoms with Crippen molar-refractivity contribution < 1.29 is 0 Å². The molecule has 0 saturated carbocycles. The summed E-state index contributed by atoms with van der Waals surface area (Å²) in [7, 11) is 0. The summed E-state index contributed by atoms with van der Waals surface area (Å²) in [6.07, 6.45) is 4.63. The van der Waals surface area contributed by atoms with Gasteiger partial charge in [0.05, 0.1) is 0 Å². The highest BCUT2D eigenvalue weighted by Crippen LogP contribution is 2.03. The molecule has 0 spiro atoms. The zero-order valence-electron chi connectivity index (χ0n) is 5.28. The van der Waals surface area contributed by atoms with Crippen LogP contribution >= 0.6 is 0 Å². The van der Waals surface area contributed by atoms with Crippen LogP contribution in [0.15, 0.2) is 0 Å². The zero-order chi connectivity index (χ0) is 5.70. The third kappa shape index (κ3) is 6.00. The van der Waals surface area contributed by atoms with Gasteiger partial charge < -0.3 is 0 Å². The molecule has 0 aliphatic carbocycles. The molecule has 0 heteroatoms. The Labute approximate surface area is 46.9 Å². The van der Waals surface area contributed by atoms with Gasteiger partial charge in [0.2, 0.25) is 0 Å². The molecule has 0 aromatic carbocycles. The molecule has 0 N–H and O–H groups in total. The van der Waals surface area contributed by atoms with E-state index in [1.807, 2.05) is 0 Å². The van der Waals surface area contributed by atoms with Crippen LogP contribution < -0.4 is 0 Å². The van der Waals surface area contributed by atoms with E-state index in [2.05, 4.69) is 27.2 Å². The van der Waals surface area contributed by atoms with Crippen LogP contribution in [0.25, 0.3) is 0 Å².